The van der Waals surface area contributed by atoms with E-state index in [4.69, 9.17) is 0 Å². The van der Waals surface area contributed by atoms with E-state index >= 15 is 0 Å². The highest BCUT2D eigenvalue weighted by Crippen LogP contribution is 2.20. The lowest BCUT2D eigenvalue weighted by Crippen LogP contribution is -2.24. The second kappa shape index (κ2) is 8.67. The van der Waals surface area contributed by atoms with Gasteiger partial charge in [-0.3, -0.25) is 9.59 Å². The van der Waals surface area contributed by atoms with E-state index in [1.807, 2.05) is 30.3 Å². The third kappa shape index (κ3) is 5.44. The number of rotatable bonds is 8. The second-order valence-corrected chi connectivity index (χ2v) is 4.71. The predicted molar refractivity (Wildman–Crippen MR) is 83.5 cm³/mol. The molecule has 0 saturated heterocycles. The van der Waals surface area contributed by atoms with Crippen LogP contribution in [0.1, 0.15) is 18.4 Å². The van der Waals surface area contributed by atoms with Crippen LogP contribution in [0.2, 0.25) is 0 Å². The normalized spacial score (nSPS) is 9.73. The number of carbonyl (C=O) groups excluding carboxylic acids is 2. The monoisotopic (exact) mass is 303 g/mol. The highest BCUT2D eigenvalue weighted by Gasteiger charge is 2.18. The molecule has 0 aliphatic carbocycles. The molecule has 0 unspecified atom stereocenters. The molecule has 0 fully saturated rings. The fourth-order valence-corrected chi connectivity index (χ4v) is 1.88. The maximum absolute atomic E-state index is 11.4. The third-order valence-electron chi connectivity index (χ3n) is 3.10. The largest absolute Gasteiger partial charge is 0.469 e. The predicted octanol–water partition coefficient (Wildman–Crippen LogP) is 2.64. The van der Waals surface area contributed by atoms with E-state index in [2.05, 4.69) is 22.6 Å². The smallest absolute Gasteiger partial charge is 0.311 e. The van der Waals surface area contributed by atoms with Crippen LogP contribution in [0.15, 0.2) is 54.9 Å². The Bertz CT molecular complexity index is 521. The molecule has 1 rings (SSSR count). The lowest BCUT2D eigenvalue weighted by atomic mass is 10.1. The molecule has 0 saturated carbocycles. The van der Waals surface area contributed by atoms with Gasteiger partial charge in [-0.25, -0.2) is 0 Å². The number of hydrogen-bond donors (Lipinski definition) is 0. The van der Waals surface area contributed by atoms with E-state index in [-0.39, 0.29) is 12.8 Å². The molecule has 0 aliphatic heterocycles. The van der Waals surface area contributed by atoms with E-state index in [1.165, 1.54) is 14.2 Å². The Morgan fingerprint density at radius 3 is 1.82 bits per heavy atom. The molecule has 118 valence electrons. The molecule has 0 atom stereocenters. The van der Waals surface area contributed by atoms with Gasteiger partial charge in [0.15, 0.2) is 0 Å². The summed E-state index contributed by atoms with van der Waals surface area (Å²) in [6.07, 6.45) is 0.0626. The zero-order valence-corrected chi connectivity index (χ0v) is 13.0. The number of benzene rings is 1. The molecule has 1 aromatic carbocycles. The Balaban J connectivity index is 2.88. The molecule has 0 bridgehead atoms. The van der Waals surface area contributed by atoms with Crippen LogP contribution in [0.25, 0.3) is 0 Å². The van der Waals surface area contributed by atoms with E-state index in [0.717, 1.165) is 5.56 Å². The van der Waals surface area contributed by atoms with Crippen molar-refractivity contribution in [2.45, 2.75) is 19.4 Å². The molecule has 1 aromatic rings. The third-order valence-corrected chi connectivity index (χ3v) is 3.10. The average molecular weight is 303 g/mol. The fourth-order valence-electron chi connectivity index (χ4n) is 1.88. The van der Waals surface area contributed by atoms with E-state index < -0.39 is 11.9 Å². The fraction of sp³-hybridized carbons (Fsp3) is 0.294. The number of ether oxygens (including phenoxy) is 2. The van der Waals surface area contributed by atoms with Crippen molar-refractivity contribution in [2.24, 2.45) is 0 Å². The first kappa shape index (κ1) is 17.5. The highest BCUT2D eigenvalue weighted by atomic mass is 16.5. The minimum absolute atomic E-state index is 0.0313. The van der Waals surface area contributed by atoms with Gasteiger partial charge in [0.25, 0.3) is 0 Å². The Morgan fingerprint density at radius 2 is 1.41 bits per heavy atom. The van der Waals surface area contributed by atoms with Gasteiger partial charge in [0.05, 0.1) is 27.1 Å². The van der Waals surface area contributed by atoms with Crippen LogP contribution in [0.3, 0.4) is 0 Å². The van der Waals surface area contributed by atoms with E-state index in [9.17, 15) is 9.59 Å². The molecule has 0 heterocycles. The topological polar surface area (TPSA) is 55.8 Å². The molecule has 0 radical (unpaired) electrons. The number of methoxy groups -OCH3 is 2. The number of carbonyl (C=O) groups is 2. The van der Waals surface area contributed by atoms with Crippen molar-refractivity contribution >= 4 is 11.9 Å². The quantitative estimate of drug-likeness (QED) is 0.691. The molecule has 5 nitrogen and oxygen atoms in total. The van der Waals surface area contributed by atoms with Gasteiger partial charge in [-0.2, -0.15) is 0 Å². The second-order valence-electron chi connectivity index (χ2n) is 4.71. The summed E-state index contributed by atoms with van der Waals surface area (Å²) in [4.78, 5) is 24.6. The lowest BCUT2D eigenvalue weighted by molar-refractivity contribution is -0.140. The summed E-state index contributed by atoms with van der Waals surface area (Å²) in [6.45, 7) is 8.28. The van der Waals surface area contributed by atoms with Crippen LogP contribution >= 0.6 is 0 Å². The van der Waals surface area contributed by atoms with Crippen molar-refractivity contribution in [3.05, 3.63) is 60.4 Å². The summed E-state index contributed by atoms with van der Waals surface area (Å²) >= 11 is 0. The van der Waals surface area contributed by atoms with Gasteiger partial charge < -0.3 is 14.4 Å². The molecule has 0 aliphatic rings. The zero-order valence-electron chi connectivity index (χ0n) is 13.0. The standard InChI is InChI=1S/C17H21NO4/c1-13(10-16(19)21-3)18(14(2)11-17(20)22-4)12-15-8-6-5-7-9-15/h5-9H,1-2,10-12H2,3-4H3. The molecule has 0 spiro atoms. The molecule has 0 aromatic heterocycles. The van der Waals surface area contributed by atoms with Crippen molar-refractivity contribution in [1.29, 1.82) is 0 Å². The molecule has 0 amide bonds. The molecule has 5 heteroatoms. The molecule has 0 N–H and O–H groups in total. The summed E-state index contributed by atoms with van der Waals surface area (Å²) in [7, 11) is 2.64. The summed E-state index contributed by atoms with van der Waals surface area (Å²) in [5.41, 5.74) is 2.05. The van der Waals surface area contributed by atoms with Gasteiger partial charge in [0, 0.05) is 17.9 Å². The van der Waals surface area contributed by atoms with Gasteiger partial charge in [-0.05, 0) is 5.56 Å². The van der Waals surface area contributed by atoms with Gasteiger partial charge >= 0.3 is 11.9 Å². The number of nitrogens with zero attached hydrogens (tertiary/aromatic N) is 1. The van der Waals surface area contributed by atoms with E-state index in [1.54, 1.807) is 4.90 Å². The molecular formula is C17H21NO4. The van der Waals surface area contributed by atoms with Gasteiger partial charge in [-0.15, -0.1) is 0 Å². The first-order chi connectivity index (χ1) is 10.5. The van der Waals surface area contributed by atoms with Crippen LogP contribution < -0.4 is 0 Å². The van der Waals surface area contributed by atoms with Crippen LogP contribution in [0.5, 0.6) is 0 Å². The highest BCUT2D eigenvalue weighted by molar-refractivity contribution is 5.73. The van der Waals surface area contributed by atoms with Crippen LogP contribution in [-0.2, 0) is 25.6 Å². The van der Waals surface area contributed by atoms with Gasteiger partial charge in [0.1, 0.15) is 0 Å². The zero-order chi connectivity index (χ0) is 16.5. The van der Waals surface area contributed by atoms with Crippen molar-refractivity contribution in [2.75, 3.05) is 14.2 Å². The van der Waals surface area contributed by atoms with Crippen molar-refractivity contribution < 1.29 is 19.1 Å². The lowest BCUT2D eigenvalue weighted by Gasteiger charge is -2.28. The van der Waals surface area contributed by atoms with E-state index in [0.29, 0.717) is 17.9 Å². The van der Waals surface area contributed by atoms with Crippen molar-refractivity contribution in [3.63, 3.8) is 0 Å². The Hall–Kier alpha value is -2.56. The van der Waals surface area contributed by atoms with Crippen LogP contribution in [0, 0.1) is 0 Å². The maximum atomic E-state index is 11.4. The minimum atomic E-state index is -0.395. The Morgan fingerprint density at radius 1 is 0.955 bits per heavy atom. The number of hydrogen-bond acceptors (Lipinski definition) is 5. The molecular weight excluding hydrogens is 282 g/mol. The van der Waals surface area contributed by atoms with Gasteiger partial charge in [0.2, 0.25) is 0 Å². The maximum Gasteiger partial charge on any atom is 0.311 e. The molecule has 22 heavy (non-hydrogen) atoms. The first-order valence-electron chi connectivity index (χ1n) is 6.78. The first-order valence-corrected chi connectivity index (χ1v) is 6.78. The van der Waals surface area contributed by atoms with Crippen LogP contribution in [-0.4, -0.2) is 31.1 Å². The average Bonchev–Trinajstić information content (AvgIpc) is 2.52. The van der Waals surface area contributed by atoms with Crippen LogP contribution in [0.4, 0.5) is 0 Å². The Labute approximate surface area is 130 Å². The number of esters is 2. The summed E-state index contributed by atoms with van der Waals surface area (Å²) in [6, 6.07) is 9.65. The van der Waals surface area contributed by atoms with Crippen molar-refractivity contribution in [1.82, 2.24) is 4.90 Å². The van der Waals surface area contributed by atoms with Gasteiger partial charge in [-0.1, -0.05) is 43.5 Å². The van der Waals surface area contributed by atoms with Crippen molar-refractivity contribution in [3.8, 4) is 0 Å². The summed E-state index contributed by atoms with van der Waals surface area (Å²) < 4.78 is 9.31. The minimum Gasteiger partial charge on any atom is -0.469 e. The SMILES string of the molecule is C=C(CC(=O)OC)N(Cc1ccccc1)C(=C)CC(=O)OC. The summed E-state index contributed by atoms with van der Waals surface area (Å²) in [5, 5.41) is 0. The Kier molecular flexibility index (Phi) is 6.89. The summed E-state index contributed by atoms with van der Waals surface area (Å²) in [5.74, 6) is -0.789.